The molecule has 1 unspecified atom stereocenters. The van der Waals surface area contributed by atoms with E-state index < -0.39 is 11.5 Å². The summed E-state index contributed by atoms with van der Waals surface area (Å²) in [6.07, 6.45) is 0. The number of carbonyl (C=O) groups excluding carboxylic acids is 2. The largest absolute Gasteiger partial charge is 0.352 e. The highest BCUT2D eigenvalue weighted by Crippen LogP contribution is 2.19. The molecule has 0 bridgehead atoms. The van der Waals surface area contributed by atoms with Gasteiger partial charge in [-0.15, -0.1) is 0 Å². The van der Waals surface area contributed by atoms with E-state index in [4.69, 9.17) is 5.26 Å². The normalized spacial score (nSPS) is 21.5. The van der Waals surface area contributed by atoms with Gasteiger partial charge in [0, 0.05) is 13.1 Å². The monoisotopic (exact) mass is 209 g/mol. The molecule has 1 aliphatic heterocycles. The first-order valence-electron chi connectivity index (χ1n) is 4.90. The fraction of sp³-hybridized carbons (Fsp3) is 0.700. The summed E-state index contributed by atoms with van der Waals surface area (Å²) in [5.41, 5.74) is -0.861. The van der Waals surface area contributed by atoms with Gasteiger partial charge in [0.15, 0.2) is 0 Å². The highest BCUT2D eigenvalue weighted by molar-refractivity contribution is 5.93. The Balaban J connectivity index is 2.90. The van der Waals surface area contributed by atoms with Gasteiger partial charge in [-0.3, -0.25) is 9.59 Å². The van der Waals surface area contributed by atoms with Crippen molar-refractivity contribution in [1.82, 2.24) is 10.2 Å². The number of rotatable bonds is 1. The Labute approximate surface area is 89.0 Å². The molecule has 82 valence electrons. The Bertz CT molecular complexity index is 330. The molecule has 0 aromatic rings. The van der Waals surface area contributed by atoms with Gasteiger partial charge in [0.05, 0.1) is 6.07 Å². The number of nitrogens with zero attached hydrogens (tertiary/aromatic N) is 2. The van der Waals surface area contributed by atoms with Crippen molar-refractivity contribution in [3.63, 3.8) is 0 Å². The third-order valence-corrected chi connectivity index (χ3v) is 2.68. The lowest BCUT2D eigenvalue weighted by atomic mass is 9.97. The number of nitrogens with one attached hydrogen (secondary N) is 1. The van der Waals surface area contributed by atoms with E-state index in [1.807, 2.05) is 6.07 Å². The highest BCUT2D eigenvalue weighted by atomic mass is 16.2. The van der Waals surface area contributed by atoms with Crippen LogP contribution in [-0.4, -0.2) is 35.3 Å². The molecule has 1 rings (SSSR count). The maximum Gasteiger partial charge on any atom is 0.245 e. The number of hydrogen-bond acceptors (Lipinski definition) is 3. The van der Waals surface area contributed by atoms with Gasteiger partial charge in [0.2, 0.25) is 11.8 Å². The molecular formula is C10H15N3O2. The molecule has 15 heavy (non-hydrogen) atoms. The highest BCUT2D eigenvalue weighted by Gasteiger charge is 2.41. The van der Waals surface area contributed by atoms with E-state index in [9.17, 15) is 9.59 Å². The third kappa shape index (κ3) is 1.94. The number of hydrogen-bond donors (Lipinski definition) is 1. The van der Waals surface area contributed by atoms with E-state index in [0.29, 0.717) is 13.1 Å². The van der Waals surface area contributed by atoms with Crippen LogP contribution in [0.5, 0.6) is 0 Å². The van der Waals surface area contributed by atoms with E-state index in [1.54, 1.807) is 20.8 Å². The number of amides is 2. The summed E-state index contributed by atoms with van der Waals surface area (Å²) < 4.78 is 0. The summed E-state index contributed by atoms with van der Waals surface area (Å²) in [5.74, 6) is -1.15. The van der Waals surface area contributed by atoms with Crippen molar-refractivity contribution < 1.29 is 9.59 Å². The van der Waals surface area contributed by atoms with Crippen LogP contribution >= 0.6 is 0 Å². The lowest BCUT2D eigenvalue weighted by Gasteiger charge is -2.41. The molecule has 1 fully saturated rings. The Morgan fingerprint density at radius 3 is 2.80 bits per heavy atom. The van der Waals surface area contributed by atoms with Crippen LogP contribution in [0.2, 0.25) is 0 Å². The van der Waals surface area contributed by atoms with E-state index in [2.05, 4.69) is 5.32 Å². The molecule has 0 radical (unpaired) electrons. The van der Waals surface area contributed by atoms with Crippen molar-refractivity contribution in [2.45, 2.75) is 26.3 Å². The van der Waals surface area contributed by atoms with Crippen LogP contribution in [0.4, 0.5) is 0 Å². The average molecular weight is 209 g/mol. The molecule has 0 spiro atoms. The van der Waals surface area contributed by atoms with Crippen molar-refractivity contribution in [3.05, 3.63) is 0 Å². The summed E-state index contributed by atoms with van der Waals surface area (Å²) in [6, 6.07) is 1.89. The molecule has 1 saturated heterocycles. The zero-order valence-corrected chi connectivity index (χ0v) is 9.20. The zero-order chi connectivity index (χ0) is 11.6. The summed E-state index contributed by atoms with van der Waals surface area (Å²) in [6.45, 7) is 5.83. The van der Waals surface area contributed by atoms with Crippen LogP contribution in [-0.2, 0) is 9.59 Å². The standard InChI is InChI=1S/C10H15N3O2/c1-7(6-11)8(14)13-5-4-12-9(15)10(13,2)3/h7H,4-5H2,1-3H3,(H,12,15). The van der Waals surface area contributed by atoms with E-state index >= 15 is 0 Å². The second-order valence-electron chi connectivity index (χ2n) is 4.16. The molecule has 0 aromatic heterocycles. The second kappa shape index (κ2) is 3.89. The van der Waals surface area contributed by atoms with Crippen LogP contribution in [0.25, 0.3) is 0 Å². The molecule has 1 N–H and O–H groups in total. The lowest BCUT2D eigenvalue weighted by Crippen LogP contribution is -2.64. The van der Waals surface area contributed by atoms with E-state index in [1.165, 1.54) is 4.90 Å². The third-order valence-electron chi connectivity index (χ3n) is 2.68. The van der Waals surface area contributed by atoms with Crippen LogP contribution in [0, 0.1) is 17.2 Å². The van der Waals surface area contributed by atoms with Gasteiger partial charge in [-0.1, -0.05) is 0 Å². The van der Waals surface area contributed by atoms with Gasteiger partial charge < -0.3 is 10.2 Å². The van der Waals surface area contributed by atoms with Gasteiger partial charge in [0.25, 0.3) is 0 Å². The number of piperazine rings is 1. The second-order valence-corrected chi connectivity index (χ2v) is 4.16. The van der Waals surface area contributed by atoms with Crippen molar-refractivity contribution in [2.24, 2.45) is 5.92 Å². The fourth-order valence-electron chi connectivity index (χ4n) is 1.57. The molecule has 1 aliphatic rings. The maximum absolute atomic E-state index is 11.8. The first-order valence-corrected chi connectivity index (χ1v) is 4.90. The average Bonchev–Trinajstić information content (AvgIpc) is 2.20. The molecule has 0 aromatic carbocycles. The van der Waals surface area contributed by atoms with Crippen molar-refractivity contribution >= 4 is 11.8 Å². The molecule has 0 saturated carbocycles. The van der Waals surface area contributed by atoms with Gasteiger partial charge in [-0.2, -0.15) is 5.26 Å². The Morgan fingerprint density at radius 1 is 1.67 bits per heavy atom. The van der Waals surface area contributed by atoms with Crippen molar-refractivity contribution in [1.29, 1.82) is 5.26 Å². The predicted molar refractivity (Wildman–Crippen MR) is 53.6 cm³/mol. The molecule has 1 atom stereocenters. The Morgan fingerprint density at radius 2 is 2.27 bits per heavy atom. The zero-order valence-electron chi connectivity index (χ0n) is 9.20. The molecule has 2 amide bonds. The quantitative estimate of drug-likeness (QED) is 0.654. The van der Waals surface area contributed by atoms with E-state index in [0.717, 1.165) is 0 Å². The van der Waals surface area contributed by atoms with Crippen molar-refractivity contribution in [2.75, 3.05) is 13.1 Å². The SMILES string of the molecule is CC(C#N)C(=O)N1CCNC(=O)C1(C)C. The van der Waals surface area contributed by atoms with Gasteiger partial charge in [-0.25, -0.2) is 0 Å². The number of nitriles is 1. The Hall–Kier alpha value is -1.57. The Kier molecular flexibility index (Phi) is 2.98. The van der Waals surface area contributed by atoms with E-state index in [-0.39, 0.29) is 11.8 Å². The molecule has 1 heterocycles. The predicted octanol–water partition coefficient (Wildman–Crippen LogP) is -0.117. The van der Waals surface area contributed by atoms with Crippen LogP contribution in [0.1, 0.15) is 20.8 Å². The van der Waals surface area contributed by atoms with Crippen LogP contribution in [0.15, 0.2) is 0 Å². The summed E-state index contributed by atoms with van der Waals surface area (Å²) in [5, 5.41) is 11.4. The first-order chi connectivity index (χ1) is 6.91. The summed E-state index contributed by atoms with van der Waals surface area (Å²) in [4.78, 5) is 24.8. The van der Waals surface area contributed by atoms with Crippen LogP contribution < -0.4 is 5.32 Å². The van der Waals surface area contributed by atoms with Gasteiger partial charge in [-0.05, 0) is 20.8 Å². The number of carbonyl (C=O) groups is 2. The minimum Gasteiger partial charge on any atom is -0.352 e. The molecular weight excluding hydrogens is 194 g/mol. The summed E-state index contributed by atoms with van der Waals surface area (Å²) in [7, 11) is 0. The minimum absolute atomic E-state index is 0.174. The molecule has 5 nitrogen and oxygen atoms in total. The maximum atomic E-state index is 11.8. The van der Waals surface area contributed by atoms with Gasteiger partial charge in [0.1, 0.15) is 11.5 Å². The van der Waals surface area contributed by atoms with Gasteiger partial charge >= 0.3 is 0 Å². The van der Waals surface area contributed by atoms with Crippen molar-refractivity contribution in [3.8, 4) is 6.07 Å². The van der Waals surface area contributed by atoms with Crippen LogP contribution in [0.3, 0.4) is 0 Å². The minimum atomic E-state index is -0.861. The first kappa shape index (κ1) is 11.5. The molecule has 0 aliphatic carbocycles. The topological polar surface area (TPSA) is 73.2 Å². The lowest BCUT2D eigenvalue weighted by molar-refractivity contribution is -0.150. The smallest absolute Gasteiger partial charge is 0.245 e. The molecule has 5 heteroatoms. The summed E-state index contributed by atoms with van der Waals surface area (Å²) >= 11 is 0. The fourth-order valence-corrected chi connectivity index (χ4v) is 1.57.